The fraction of sp³-hybridized carbons (Fsp3) is 0.455. The summed E-state index contributed by atoms with van der Waals surface area (Å²) in [6.45, 7) is 1.94. The van der Waals surface area contributed by atoms with Crippen molar-refractivity contribution < 1.29 is 8.42 Å². The first-order chi connectivity index (χ1) is 14.4. The maximum absolute atomic E-state index is 13.2. The van der Waals surface area contributed by atoms with Crippen LogP contribution in [0.4, 0.5) is 5.82 Å². The van der Waals surface area contributed by atoms with E-state index in [0.29, 0.717) is 11.7 Å². The first kappa shape index (κ1) is 21.2. The van der Waals surface area contributed by atoms with Crippen LogP contribution in [0.15, 0.2) is 47.8 Å². The van der Waals surface area contributed by atoms with Crippen molar-refractivity contribution >= 4 is 38.6 Å². The van der Waals surface area contributed by atoms with Gasteiger partial charge in [0.05, 0.1) is 10.3 Å². The van der Waals surface area contributed by atoms with E-state index in [1.165, 1.54) is 28.9 Å². The van der Waals surface area contributed by atoms with E-state index >= 15 is 0 Å². The lowest BCUT2D eigenvalue weighted by Crippen LogP contribution is -2.36. The number of thioether (sulfide) groups is 1. The monoisotopic (exact) mass is 444 g/mol. The van der Waals surface area contributed by atoms with Crippen molar-refractivity contribution in [3.8, 4) is 0 Å². The van der Waals surface area contributed by atoms with Gasteiger partial charge in [-0.15, -0.1) is 0 Å². The number of benzene rings is 1. The third-order valence-electron chi connectivity index (χ3n) is 6.11. The van der Waals surface area contributed by atoms with Crippen molar-refractivity contribution in [2.24, 2.45) is 5.92 Å². The predicted octanol–water partition coefficient (Wildman–Crippen LogP) is 4.33. The zero-order chi connectivity index (χ0) is 21.3. The second kappa shape index (κ2) is 8.59. The smallest absolute Gasteiger partial charge is 0.269 e. The summed E-state index contributed by atoms with van der Waals surface area (Å²) in [4.78, 5) is 11.3. The van der Waals surface area contributed by atoms with Gasteiger partial charge in [-0.3, -0.25) is 0 Å². The molecule has 0 N–H and O–H groups in total. The zero-order valence-corrected chi connectivity index (χ0v) is 19.3. The molecular weight excluding hydrogens is 416 g/mol. The Bertz CT molecular complexity index is 1120. The van der Waals surface area contributed by atoms with Gasteiger partial charge in [0.15, 0.2) is 5.65 Å². The molecule has 8 heteroatoms. The first-order valence-corrected chi connectivity index (χ1v) is 13.1. The molecule has 2 aromatic heterocycles. The third kappa shape index (κ3) is 3.95. The molecule has 0 saturated heterocycles. The average molecular weight is 445 g/mol. The number of hydrogen-bond acceptors (Lipinski definition) is 6. The number of aromatic nitrogens is 3. The van der Waals surface area contributed by atoms with Crippen LogP contribution in [0.25, 0.3) is 11.0 Å². The minimum Gasteiger partial charge on any atom is -0.356 e. The molecule has 0 spiro atoms. The Morgan fingerprint density at radius 2 is 1.80 bits per heavy atom. The highest BCUT2D eigenvalue weighted by molar-refractivity contribution is 7.98. The van der Waals surface area contributed by atoms with Crippen LogP contribution >= 0.6 is 11.8 Å². The summed E-state index contributed by atoms with van der Waals surface area (Å²) in [5.41, 5.74) is 1.44. The van der Waals surface area contributed by atoms with Crippen molar-refractivity contribution in [3.05, 3.63) is 48.4 Å². The summed E-state index contributed by atoms with van der Waals surface area (Å²) in [5.74, 6) is 2.83. The zero-order valence-electron chi connectivity index (χ0n) is 17.7. The Kier molecular flexibility index (Phi) is 6.06. The molecule has 0 atom stereocenters. The van der Waals surface area contributed by atoms with Crippen molar-refractivity contribution in [1.82, 2.24) is 13.9 Å². The van der Waals surface area contributed by atoms with Crippen LogP contribution in [0.5, 0.6) is 0 Å². The van der Waals surface area contributed by atoms with E-state index < -0.39 is 10.0 Å². The minimum absolute atomic E-state index is 0.256. The topological polar surface area (TPSA) is 68.1 Å². The van der Waals surface area contributed by atoms with Gasteiger partial charge in [0, 0.05) is 19.3 Å². The van der Waals surface area contributed by atoms with Gasteiger partial charge in [0.2, 0.25) is 0 Å². The van der Waals surface area contributed by atoms with Crippen LogP contribution in [0.2, 0.25) is 0 Å². The molecule has 2 heterocycles. The van der Waals surface area contributed by atoms with Gasteiger partial charge in [-0.1, -0.05) is 17.7 Å². The molecule has 1 aliphatic carbocycles. The lowest BCUT2D eigenvalue weighted by Gasteiger charge is -2.35. The van der Waals surface area contributed by atoms with Gasteiger partial charge in [0.25, 0.3) is 10.0 Å². The Balaban J connectivity index is 1.65. The van der Waals surface area contributed by atoms with Crippen LogP contribution in [0.1, 0.15) is 31.2 Å². The molecule has 0 aliphatic heterocycles. The van der Waals surface area contributed by atoms with E-state index in [1.54, 1.807) is 30.5 Å². The third-order valence-corrected chi connectivity index (χ3v) is 8.59. The van der Waals surface area contributed by atoms with Crippen molar-refractivity contribution in [3.63, 3.8) is 0 Å². The highest BCUT2D eigenvalue weighted by Gasteiger charge is 2.27. The Morgan fingerprint density at radius 3 is 2.47 bits per heavy atom. The van der Waals surface area contributed by atoms with Crippen LogP contribution in [0.3, 0.4) is 0 Å². The van der Waals surface area contributed by atoms with E-state index in [1.807, 2.05) is 24.8 Å². The summed E-state index contributed by atoms with van der Waals surface area (Å²) >= 11 is 1.93. The first-order valence-electron chi connectivity index (χ1n) is 10.3. The highest BCUT2D eigenvalue weighted by Crippen LogP contribution is 2.33. The summed E-state index contributed by atoms with van der Waals surface area (Å²) in [6.07, 6.45) is 9.95. The summed E-state index contributed by atoms with van der Waals surface area (Å²) in [5, 5.41) is 0.766. The van der Waals surface area contributed by atoms with Crippen molar-refractivity contribution in [1.29, 1.82) is 0 Å². The number of hydrogen-bond donors (Lipinski definition) is 0. The fourth-order valence-corrected chi connectivity index (χ4v) is 6.43. The highest BCUT2D eigenvalue weighted by atomic mass is 32.2. The van der Waals surface area contributed by atoms with Gasteiger partial charge in [-0.2, -0.15) is 11.8 Å². The number of nitrogens with zero attached hydrogens (tertiary/aromatic N) is 4. The van der Waals surface area contributed by atoms with Crippen LogP contribution in [-0.2, 0) is 10.0 Å². The molecule has 1 saturated carbocycles. The quantitative estimate of drug-likeness (QED) is 0.564. The molecular formula is C22H28N4O2S2. The molecule has 0 unspecified atom stereocenters. The van der Waals surface area contributed by atoms with Gasteiger partial charge in [0.1, 0.15) is 12.1 Å². The molecule has 1 aromatic carbocycles. The molecule has 1 aliphatic rings. The Hall–Kier alpha value is -2.06. The summed E-state index contributed by atoms with van der Waals surface area (Å²) in [7, 11) is -1.65. The molecule has 160 valence electrons. The van der Waals surface area contributed by atoms with Crippen LogP contribution < -0.4 is 4.90 Å². The van der Waals surface area contributed by atoms with Crippen molar-refractivity contribution in [2.45, 2.75) is 43.5 Å². The number of fused-ring (bicyclic) bond motifs is 1. The summed E-state index contributed by atoms with van der Waals surface area (Å²) < 4.78 is 27.6. The number of anilines is 1. The molecule has 1 fully saturated rings. The lowest BCUT2D eigenvalue weighted by molar-refractivity contribution is 0.344. The second-order valence-corrected chi connectivity index (χ2v) is 10.8. The van der Waals surface area contributed by atoms with E-state index in [2.05, 4.69) is 28.2 Å². The molecule has 3 aromatic rings. The van der Waals surface area contributed by atoms with E-state index in [9.17, 15) is 8.42 Å². The lowest BCUT2D eigenvalue weighted by atomic mass is 9.86. The van der Waals surface area contributed by atoms with E-state index in [-0.39, 0.29) is 4.90 Å². The second-order valence-electron chi connectivity index (χ2n) is 8.11. The van der Waals surface area contributed by atoms with E-state index in [4.69, 9.17) is 0 Å². The molecule has 4 rings (SSSR count). The average Bonchev–Trinajstić information content (AvgIpc) is 3.19. The Morgan fingerprint density at radius 1 is 1.10 bits per heavy atom. The van der Waals surface area contributed by atoms with Gasteiger partial charge >= 0.3 is 0 Å². The molecule has 30 heavy (non-hydrogen) atoms. The number of rotatable bonds is 6. The van der Waals surface area contributed by atoms with E-state index in [0.717, 1.165) is 35.5 Å². The van der Waals surface area contributed by atoms with Crippen LogP contribution in [0, 0.1) is 12.8 Å². The molecule has 6 nitrogen and oxygen atoms in total. The normalized spacial score (nSPS) is 19.8. The molecule has 0 radical (unpaired) electrons. The maximum Gasteiger partial charge on any atom is 0.269 e. The standard InChI is InChI=1S/C22H28N4O2S2/c1-16-4-10-19(11-5-16)30(27,28)26-13-12-20-21(23-15-24-22(20)26)25(2)18-8-6-17(7-9-18)14-29-3/h4-5,10-13,15,17-18H,6-9,14H2,1-3H3. The van der Waals surface area contributed by atoms with Crippen LogP contribution in [-0.4, -0.2) is 47.5 Å². The maximum atomic E-state index is 13.2. The largest absolute Gasteiger partial charge is 0.356 e. The molecule has 0 amide bonds. The number of aryl methyl sites for hydroxylation is 1. The predicted molar refractivity (Wildman–Crippen MR) is 124 cm³/mol. The summed E-state index contributed by atoms with van der Waals surface area (Å²) in [6, 6.07) is 9.11. The molecule has 0 bridgehead atoms. The van der Waals surface area contributed by atoms with Gasteiger partial charge in [-0.25, -0.2) is 22.4 Å². The van der Waals surface area contributed by atoms with Crippen molar-refractivity contribution in [2.75, 3.05) is 24.0 Å². The SMILES string of the molecule is CSCC1CCC(N(C)c2ncnc3c2ccn3S(=O)(=O)c2ccc(C)cc2)CC1. The minimum atomic E-state index is -3.71. The fourth-order valence-electron chi connectivity index (χ4n) is 4.32. The van der Waals surface area contributed by atoms with Gasteiger partial charge < -0.3 is 4.90 Å². The Labute approximate surface area is 182 Å². The van der Waals surface area contributed by atoms with Gasteiger partial charge in [-0.05, 0) is 68.7 Å².